The zero-order valence-electron chi connectivity index (χ0n) is 13.8. The highest BCUT2D eigenvalue weighted by Gasteiger charge is 2.24. The number of para-hydroxylation sites is 1. The number of carbonyl (C=O) groups is 1. The van der Waals surface area contributed by atoms with Gasteiger partial charge in [-0.2, -0.15) is 5.10 Å². The van der Waals surface area contributed by atoms with Crippen molar-refractivity contribution in [2.75, 3.05) is 4.90 Å². The molecule has 0 saturated carbocycles. The van der Waals surface area contributed by atoms with Gasteiger partial charge < -0.3 is 0 Å². The van der Waals surface area contributed by atoms with Crippen LogP contribution in [0.15, 0.2) is 55.0 Å². The summed E-state index contributed by atoms with van der Waals surface area (Å²) in [5, 5.41) is 5.25. The van der Waals surface area contributed by atoms with Crippen LogP contribution in [-0.2, 0) is 13.6 Å². The number of hydrogen-bond acceptors (Lipinski definition) is 5. The summed E-state index contributed by atoms with van der Waals surface area (Å²) in [4.78, 5) is 23.6. The standard InChI is InChI=1S/C18H14ClN5OS/c1-23-14(7-9-21-23)17(25)24(11-12-4-3-8-20-10-12)18-22-16-13(19)5-2-6-15(16)26-18/h2-10H,11H2,1H3. The van der Waals surface area contributed by atoms with Gasteiger partial charge in [0.2, 0.25) is 0 Å². The Hall–Kier alpha value is -2.77. The summed E-state index contributed by atoms with van der Waals surface area (Å²) >= 11 is 7.69. The average Bonchev–Trinajstić information content (AvgIpc) is 3.27. The molecule has 0 aliphatic heterocycles. The highest BCUT2D eigenvalue weighted by atomic mass is 35.5. The molecule has 0 aliphatic rings. The van der Waals surface area contributed by atoms with Gasteiger partial charge in [-0.05, 0) is 29.8 Å². The van der Waals surface area contributed by atoms with Gasteiger partial charge in [0.15, 0.2) is 5.13 Å². The third-order valence-electron chi connectivity index (χ3n) is 3.94. The van der Waals surface area contributed by atoms with Crippen LogP contribution in [0.25, 0.3) is 10.2 Å². The summed E-state index contributed by atoms with van der Waals surface area (Å²) in [6.45, 7) is 0.356. The Kier molecular flexibility index (Phi) is 4.40. The first-order valence-corrected chi connectivity index (χ1v) is 9.07. The molecule has 0 spiro atoms. The van der Waals surface area contributed by atoms with E-state index in [0.29, 0.717) is 27.9 Å². The minimum atomic E-state index is -0.177. The summed E-state index contributed by atoms with van der Waals surface area (Å²) < 4.78 is 2.49. The number of benzene rings is 1. The fourth-order valence-electron chi connectivity index (χ4n) is 2.64. The van der Waals surface area contributed by atoms with E-state index in [1.165, 1.54) is 11.3 Å². The molecule has 0 bridgehead atoms. The molecular weight excluding hydrogens is 370 g/mol. The van der Waals surface area contributed by atoms with Crippen LogP contribution >= 0.6 is 22.9 Å². The lowest BCUT2D eigenvalue weighted by Crippen LogP contribution is -2.31. The number of fused-ring (bicyclic) bond motifs is 1. The maximum atomic E-state index is 13.2. The van der Waals surface area contributed by atoms with E-state index in [4.69, 9.17) is 11.6 Å². The maximum absolute atomic E-state index is 13.2. The number of halogens is 1. The number of thiazole rings is 1. The lowest BCUT2D eigenvalue weighted by atomic mass is 10.2. The summed E-state index contributed by atoms with van der Waals surface area (Å²) in [5.74, 6) is -0.177. The Balaban J connectivity index is 1.80. The van der Waals surface area contributed by atoms with E-state index in [9.17, 15) is 4.79 Å². The van der Waals surface area contributed by atoms with Gasteiger partial charge in [0, 0.05) is 25.6 Å². The van der Waals surface area contributed by atoms with Crippen LogP contribution in [0.3, 0.4) is 0 Å². The van der Waals surface area contributed by atoms with Crippen LogP contribution in [0.5, 0.6) is 0 Å². The van der Waals surface area contributed by atoms with Gasteiger partial charge in [-0.1, -0.05) is 35.1 Å². The summed E-state index contributed by atoms with van der Waals surface area (Å²) in [5.41, 5.74) is 2.09. The minimum Gasteiger partial charge on any atom is -0.278 e. The quantitative estimate of drug-likeness (QED) is 0.535. The van der Waals surface area contributed by atoms with Crippen molar-refractivity contribution in [1.29, 1.82) is 0 Å². The van der Waals surface area contributed by atoms with Crippen molar-refractivity contribution in [1.82, 2.24) is 19.7 Å². The zero-order valence-corrected chi connectivity index (χ0v) is 15.4. The van der Waals surface area contributed by atoms with E-state index in [-0.39, 0.29) is 5.91 Å². The summed E-state index contributed by atoms with van der Waals surface area (Å²) in [6.07, 6.45) is 5.04. The second kappa shape index (κ2) is 6.86. The number of anilines is 1. The Bertz CT molecular complexity index is 1080. The second-order valence-electron chi connectivity index (χ2n) is 5.68. The first kappa shape index (κ1) is 16.7. The Morgan fingerprint density at radius 2 is 2.12 bits per heavy atom. The smallest absolute Gasteiger partial charge is 0.278 e. The molecule has 4 rings (SSSR count). The number of carbonyl (C=O) groups excluding carboxylic acids is 1. The van der Waals surface area contributed by atoms with Crippen LogP contribution < -0.4 is 4.90 Å². The third kappa shape index (κ3) is 3.07. The number of pyridine rings is 1. The van der Waals surface area contributed by atoms with Gasteiger partial charge in [0.25, 0.3) is 5.91 Å². The van der Waals surface area contributed by atoms with Gasteiger partial charge in [0.05, 0.1) is 16.3 Å². The number of rotatable bonds is 4. The number of nitrogens with zero attached hydrogens (tertiary/aromatic N) is 5. The second-order valence-corrected chi connectivity index (χ2v) is 7.09. The Labute approximate surface area is 158 Å². The molecular formula is C18H14ClN5OS. The van der Waals surface area contributed by atoms with E-state index < -0.39 is 0 Å². The van der Waals surface area contributed by atoms with E-state index in [0.717, 1.165) is 10.3 Å². The van der Waals surface area contributed by atoms with Crippen LogP contribution in [-0.4, -0.2) is 25.7 Å². The highest BCUT2D eigenvalue weighted by Crippen LogP contribution is 2.34. The monoisotopic (exact) mass is 383 g/mol. The fraction of sp³-hybridized carbons (Fsp3) is 0.111. The predicted molar refractivity (Wildman–Crippen MR) is 103 cm³/mol. The molecule has 0 radical (unpaired) electrons. The van der Waals surface area contributed by atoms with Crippen LogP contribution in [0, 0.1) is 0 Å². The van der Waals surface area contributed by atoms with Crippen molar-refractivity contribution in [3.8, 4) is 0 Å². The first-order chi connectivity index (χ1) is 12.6. The number of hydrogen-bond donors (Lipinski definition) is 0. The van der Waals surface area contributed by atoms with Gasteiger partial charge in [-0.15, -0.1) is 0 Å². The largest absolute Gasteiger partial charge is 0.278 e. The molecule has 1 aromatic carbocycles. The molecule has 0 fully saturated rings. The van der Waals surface area contributed by atoms with E-state index in [2.05, 4.69) is 15.1 Å². The first-order valence-electron chi connectivity index (χ1n) is 7.87. The summed E-state index contributed by atoms with van der Waals surface area (Å²) in [6, 6.07) is 11.1. The lowest BCUT2D eigenvalue weighted by Gasteiger charge is -2.19. The van der Waals surface area contributed by atoms with E-state index in [1.807, 2.05) is 24.3 Å². The molecule has 3 heterocycles. The maximum Gasteiger partial charge on any atom is 0.278 e. The molecule has 0 atom stereocenters. The molecule has 26 heavy (non-hydrogen) atoms. The van der Waals surface area contributed by atoms with Crippen LogP contribution in [0.2, 0.25) is 5.02 Å². The molecule has 8 heteroatoms. The molecule has 6 nitrogen and oxygen atoms in total. The molecule has 3 aromatic heterocycles. The molecule has 0 aliphatic carbocycles. The molecule has 1 amide bonds. The highest BCUT2D eigenvalue weighted by molar-refractivity contribution is 7.22. The third-order valence-corrected chi connectivity index (χ3v) is 5.29. The predicted octanol–water partition coefficient (Wildman–Crippen LogP) is 3.93. The van der Waals surface area contributed by atoms with Crippen molar-refractivity contribution in [2.45, 2.75) is 6.54 Å². The molecule has 0 N–H and O–H groups in total. The Morgan fingerprint density at radius 3 is 2.81 bits per heavy atom. The SMILES string of the molecule is Cn1nccc1C(=O)N(Cc1cccnc1)c1nc2c(Cl)cccc2s1. The van der Waals surface area contributed by atoms with Crippen LogP contribution in [0.4, 0.5) is 5.13 Å². The molecule has 0 saturated heterocycles. The number of aromatic nitrogens is 4. The van der Waals surface area contributed by atoms with Crippen LogP contribution in [0.1, 0.15) is 16.1 Å². The zero-order chi connectivity index (χ0) is 18.1. The molecule has 130 valence electrons. The van der Waals surface area contributed by atoms with E-state index in [1.54, 1.807) is 47.4 Å². The van der Waals surface area contributed by atoms with Gasteiger partial charge in [0.1, 0.15) is 11.2 Å². The fourth-order valence-corrected chi connectivity index (χ4v) is 3.90. The average molecular weight is 384 g/mol. The van der Waals surface area contributed by atoms with E-state index >= 15 is 0 Å². The van der Waals surface area contributed by atoms with Crippen molar-refractivity contribution in [3.05, 3.63) is 71.3 Å². The van der Waals surface area contributed by atoms with Gasteiger partial charge >= 0.3 is 0 Å². The van der Waals surface area contributed by atoms with Crippen molar-refractivity contribution >= 4 is 44.2 Å². The normalized spacial score (nSPS) is 11.0. The van der Waals surface area contributed by atoms with Crippen molar-refractivity contribution in [3.63, 3.8) is 0 Å². The van der Waals surface area contributed by atoms with Crippen molar-refractivity contribution < 1.29 is 4.79 Å². The minimum absolute atomic E-state index is 0.177. The molecule has 4 aromatic rings. The van der Waals surface area contributed by atoms with Gasteiger partial charge in [-0.3, -0.25) is 19.4 Å². The molecule has 0 unspecified atom stereocenters. The van der Waals surface area contributed by atoms with Crippen molar-refractivity contribution in [2.24, 2.45) is 7.05 Å². The lowest BCUT2D eigenvalue weighted by molar-refractivity contribution is 0.0976. The topological polar surface area (TPSA) is 63.9 Å². The Morgan fingerprint density at radius 1 is 1.23 bits per heavy atom. The number of amides is 1. The summed E-state index contributed by atoms with van der Waals surface area (Å²) in [7, 11) is 1.74. The van der Waals surface area contributed by atoms with Gasteiger partial charge in [-0.25, -0.2) is 4.98 Å². The number of aryl methyl sites for hydroxylation is 1.